The van der Waals surface area contributed by atoms with Gasteiger partial charge >= 0.3 is 23.3 Å². The summed E-state index contributed by atoms with van der Waals surface area (Å²) in [5.41, 5.74) is 1.44. The summed E-state index contributed by atoms with van der Waals surface area (Å²) in [6.45, 7) is 1.82. The van der Waals surface area contributed by atoms with Crippen molar-refractivity contribution in [2.24, 2.45) is 5.92 Å². The summed E-state index contributed by atoms with van der Waals surface area (Å²) >= 11 is -1.90. The van der Waals surface area contributed by atoms with E-state index in [-0.39, 0.29) is 47.4 Å². The molecule has 1 amide bonds. The van der Waals surface area contributed by atoms with E-state index in [0.717, 1.165) is 25.9 Å². The molecule has 3 aromatic rings. The highest BCUT2D eigenvalue weighted by molar-refractivity contribution is 7.90. The van der Waals surface area contributed by atoms with E-state index in [1.54, 1.807) is 31.3 Å². The zero-order valence-corrected chi connectivity index (χ0v) is 23.8. The summed E-state index contributed by atoms with van der Waals surface area (Å²) in [5, 5.41) is -0.0332. The number of fused-ring (bicyclic) bond motifs is 1. The Kier molecular flexibility index (Phi) is 9.76. The SMILES string of the molecule is Cc1c(OCC(F)(F)F)ccnc1C[S@@+]([O-])c1nc2ccccc2n1C(=O)N(C)CCOC(=O)C1CCN(C)CC1. The highest BCUT2D eigenvalue weighted by Gasteiger charge is 2.31. The number of hydrogen-bond donors (Lipinski definition) is 0. The van der Waals surface area contributed by atoms with E-state index in [4.69, 9.17) is 9.47 Å². The Morgan fingerprint density at radius 2 is 1.90 bits per heavy atom. The molecule has 4 rings (SSSR count). The maximum Gasteiger partial charge on any atom is 0.422 e. The first-order valence-electron chi connectivity index (χ1n) is 13.0. The number of carbonyl (C=O) groups is 2. The number of esters is 1. The number of pyridine rings is 1. The van der Waals surface area contributed by atoms with Gasteiger partial charge in [0.2, 0.25) is 0 Å². The molecule has 0 unspecified atom stereocenters. The van der Waals surface area contributed by atoms with Gasteiger partial charge in [0.15, 0.2) is 12.4 Å². The smallest absolute Gasteiger partial charge is 0.422 e. The third-order valence-electron chi connectivity index (χ3n) is 6.89. The van der Waals surface area contributed by atoms with Crippen molar-refractivity contribution in [2.45, 2.75) is 36.9 Å². The number of ether oxygens (including phenoxy) is 2. The average molecular weight is 596 g/mol. The van der Waals surface area contributed by atoms with Crippen LogP contribution in [0, 0.1) is 12.8 Å². The number of halogens is 3. The molecule has 2 aromatic heterocycles. The fourth-order valence-electron chi connectivity index (χ4n) is 4.46. The first-order valence-corrected chi connectivity index (χ1v) is 14.4. The van der Waals surface area contributed by atoms with Gasteiger partial charge < -0.3 is 23.8 Å². The number of amides is 1. The van der Waals surface area contributed by atoms with E-state index >= 15 is 0 Å². The second kappa shape index (κ2) is 13.1. The molecular weight excluding hydrogens is 563 g/mol. The third kappa shape index (κ3) is 7.68. The summed E-state index contributed by atoms with van der Waals surface area (Å²) in [5.74, 6) is -0.668. The first-order chi connectivity index (χ1) is 19.4. The van der Waals surface area contributed by atoms with Crippen LogP contribution in [-0.4, -0.2) is 94.0 Å². The van der Waals surface area contributed by atoms with Crippen molar-refractivity contribution in [2.75, 3.05) is 46.9 Å². The van der Waals surface area contributed by atoms with Crippen LogP contribution in [0.3, 0.4) is 0 Å². The maximum absolute atomic E-state index is 13.5. The van der Waals surface area contributed by atoms with Crippen LogP contribution in [0.25, 0.3) is 11.0 Å². The molecule has 0 radical (unpaired) electrons. The van der Waals surface area contributed by atoms with Gasteiger partial charge in [0.05, 0.1) is 29.2 Å². The number of piperidine rings is 1. The molecule has 3 heterocycles. The van der Waals surface area contributed by atoms with Gasteiger partial charge in [-0.05, 0) is 58.1 Å². The van der Waals surface area contributed by atoms with Crippen LogP contribution in [0.4, 0.5) is 18.0 Å². The average Bonchev–Trinajstić information content (AvgIpc) is 3.32. The van der Waals surface area contributed by atoms with Crippen LogP contribution in [0.5, 0.6) is 5.75 Å². The predicted octanol–water partition coefficient (Wildman–Crippen LogP) is 3.77. The van der Waals surface area contributed by atoms with Crippen molar-refractivity contribution >= 4 is 34.2 Å². The molecule has 1 aromatic carbocycles. The fourth-order valence-corrected chi connectivity index (χ4v) is 5.71. The number of imidazole rings is 1. The number of rotatable bonds is 9. The molecular formula is C27H32F3N5O5S. The summed E-state index contributed by atoms with van der Waals surface area (Å²) < 4.78 is 63.0. The molecule has 1 aliphatic heterocycles. The molecule has 0 bridgehead atoms. The first kappa shape index (κ1) is 30.6. The number of para-hydroxylation sites is 2. The van der Waals surface area contributed by atoms with Crippen LogP contribution >= 0.6 is 0 Å². The number of aromatic nitrogens is 3. The number of likely N-dealkylation sites (N-methyl/N-ethyl adjacent to an activating group) is 1. The molecule has 1 aliphatic rings. The second-order valence-corrected chi connectivity index (χ2v) is 11.3. The van der Waals surface area contributed by atoms with E-state index in [1.165, 1.54) is 28.7 Å². The van der Waals surface area contributed by atoms with Gasteiger partial charge in [-0.1, -0.05) is 12.1 Å². The molecule has 1 saturated heterocycles. The molecule has 10 nitrogen and oxygen atoms in total. The van der Waals surface area contributed by atoms with Gasteiger partial charge in [0.1, 0.15) is 12.4 Å². The van der Waals surface area contributed by atoms with Crippen LogP contribution < -0.4 is 4.74 Å². The molecule has 1 atom stereocenters. The number of hydrogen-bond acceptors (Lipinski definition) is 8. The molecule has 0 spiro atoms. The van der Waals surface area contributed by atoms with E-state index in [2.05, 4.69) is 14.9 Å². The summed E-state index contributed by atoms with van der Waals surface area (Å²) in [6.07, 6.45) is -1.78. The standard InChI is InChI=1S/C27H32F3N5O5S/c1-18-21(31-11-8-23(18)40-17-27(28,29)30)16-41(38)25-32-20-6-4-5-7-22(20)35(25)26(37)34(3)14-15-39-24(36)19-9-12-33(2)13-10-19/h4-8,11,19H,9-10,12-17H2,1-3H3/t41-/m1/s1. The maximum atomic E-state index is 13.5. The molecule has 14 heteroatoms. The summed E-state index contributed by atoms with van der Waals surface area (Å²) in [6, 6.07) is 7.58. The third-order valence-corrected chi connectivity index (χ3v) is 8.11. The quantitative estimate of drug-likeness (QED) is 0.272. The van der Waals surface area contributed by atoms with E-state index in [1.807, 2.05) is 7.05 Å². The van der Waals surface area contributed by atoms with Crippen LogP contribution in [0.15, 0.2) is 41.7 Å². The normalized spacial score (nSPS) is 15.6. The Hall–Kier alpha value is -3.36. The lowest BCUT2D eigenvalue weighted by Gasteiger charge is -2.27. The van der Waals surface area contributed by atoms with Crippen LogP contribution in [0.1, 0.15) is 24.1 Å². The molecule has 1 fully saturated rings. The van der Waals surface area contributed by atoms with Gasteiger partial charge in [-0.15, -0.1) is 0 Å². The van der Waals surface area contributed by atoms with Crippen molar-refractivity contribution in [1.29, 1.82) is 0 Å². The summed E-state index contributed by atoms with van der Waals surface area (Å²) in [4.78, 5) is 38.1. The van der Waals surface area contributed by atoms with Gasteiger partial charge in [0, 0.05) is 30.0 Å². The van der Waals surface area contributed by atoms with Crippen LogP contribution in [-0.2, 0) is 26.5 Å². The Morgan fingerprint density at radius 1 is 1.20 bits per heavy atom. The van der Waals surface area contributed by atoms with E-state index in [0.29, 0.717) is 16.6 Å². The fraction of sp³-hybridized carbons (Fsp3) is 0.481. The van der Waals surface area contributed by atoms with Gasteiger partial charge in [-0.3, -0.25) is 9.78 Å². The van der Waals surface area contributed by atoms with Crippen molar-refractivity contribution in [3.05, 3.63) is 47.8 Å². The van der Waals surface area contributed by atoms with E-state index in [9.17, 15) is 27.3 Å². The van der Waals surface area contributed by atoms with Crippen molar-refractivity contribution in [1.82, 2.24) is 24.3 Å². The summed E-state index contributed by atoms with van der Waals surface area (Å²) in [7, 11) is 3.55. The highest BCUT2D eigenvalue weighted by Crippen LogP contribution is 2.27. The zero-order chi connectivity index (χ0) is 29.7. The Labute approximate surface area is 238 Å². The van der Waals surface area contributed by atoms with E-state index < -0.39 is 30.0 Å². The Bertz CT molecular complexity index is 1380. The van der Waals surface area contributed by atoms with Crippen LogP contribution in [0.2, 0.25) is 0 Å². The molecule has 222 valence electrons. The monoisotopic (exact) mass is 595 g/mol. The Balaban J connectivity index is 1.47. The lowest BCUT2D eigenvalue weighted by Crippen LogP contribution is -2.37. The molecule has 0 aliphatic carbocycles. The lowest BCUT2D eigenvalue weighted by molar-refractivity contribution is -0.153. The van der Waals surface area contributed by atoms with Gasteiger partial charge in [-0.2, -0.15) is 18.2 Å². The minimum absolute atomic E-state index is 0.00625. The van der Waals surface area contributed by atoms with Crippen molar-refractivity contribution in [3.8, 4) is 5.75 Å². The highest BCUT2D eigenvalue weighted by atomic mass is 32.2. The minimum atomic E-state index is -4.51. The van der Waals surface area contributed by atoms with Gasteiger partial charge in [-0.25, -0.2) is 9.36 Å². The number of benzene rings is 1. The number of nitrogens with zero attached hydrogens (tertiary/aromatic N) is 5. The zero-order valence-electron chi connectivity index (χ0n) is 23.0. The van der Waals surface area contributed by atoms with Crippen molar-refractivity contribution in [3.63, 3.8) is 0 Å². The predicted molar refractivity (Wildman–Crippen MR) is 145 cm³/mol. The topological polar surface area (TPSA) is 113 Å². The molecule has 41 heavy (non-hydrogen) atoms. The minimum Gasteiger partial charge on any atom is -0.609 e. The largest absolute Gasteiger partial charge is 0.609 e. The second-order valence-electron chi connectivity index (χ2n) is 9.94. The van der Waals surface area contributed by atoms with Gasteiger partial charge in [0.25, 0.3) is 0 Å². The number of carbonyl (C=O) groups excluding carboxylic acids is 2. The number of likely N-dealkylation sites (tertiary alicyclic amines) is 1. The lowest BCUT2D eigenvalue weighted by atomic mass is 9.97. The molecule has 0 saturated carbocycles. The number of alkyl halides is 3. The molecule has 0 N–H and O–H groups in total. The van der Waals surface area contributed by atoms with Crippen molar-refractivity contribution < 1.29 is 36.8 Å². The Morgan fingerprint density at radius 3 is 2.61 bits per heavy atom.